The largest absolute Gasteiger partial charge is 0.492 e. The van der Waals surface area contributed by atoms with E-state index in [9.17, 15) is 9.90 Å². The van der Waals surface area contributed by atoms with Crippen LogP contribution in [0.15, 0.2) is 47.6 Å². The van der Waals surface area contributed by atoms with E-state index in [0.29, 0.717) is 36.8 Å². The molecule has 1 aliphatic heterocycles. The maximum Gasteiger partial charge on any atom is 0.240 e. The van der Waals surface area contributed by atoms with Crippen molar-refractivity contribution >= 4 is 23.2 Å². The quantitative estimate of drug-likeness (QED) is 0.489. The molecule has 0 radical (unpaired) electrons. The van der Waals surface area contributed by atoms with E-state index in [-0.39, 0.29) is 18.1 Å². The van der Waals surface area contributed by atoms with E-state index < -0.39 is 6.10 Å². The maximum absolute atomic E-state index is 11.2. The highest BCUT2D eigenvalue weighted by Gasteiger charge is 2.15. The Morgan fingerprint density at radius 2 is 1.91 bits per heavy atom. The monoisotopic (exact) mass is 473 g/mol. The molecule has 0 saturated heterocycles. The van der Waals surface area contributed by atoms with Crippen LogP contribution in [-0.2, 0) is 11.2 Å². The first-order valence-corrected chi connectivity index (χ1v) is 11.5. The van der Waals surface area contributed by atoms with Crippen molar-refractivity contribution in [1.82, 2.24) is 10.7 Å². The first-order valence-electron chi connectivity index (χ1n) is 11.1. The Kier molecular flexibility index (Phi) is 8.72. The van der Waals surface area contributed by atoms with Crippen molar-refractivity contribution < 1.29 is 19.4 Å². The summed E-state index contributed by atoms with van der Waals surface area (Å²) in [5.74, 6) is 1.25. The molecule has 1 aliphatic rings. The van der Waals surface area contributed by atoms with E-state index in [4.69, 9.17) is 21.1 Å². The molecule has 0 fully saturated rings. The van der Waals surface area contributed by atoms with Crippen LogP contribution >= 0.6 is 11.6 Å². The summed E-state index contributed by atoms with van der Waals surface area (Å²) in [5.41, 5.74) is 5.25. The zero-order chi connectivity index (χ0) is 23.8. The average molecular weight is 474 g/mol. The predicted octanol–water partition coefficient (Wildman–Crippen LogP) is 3.70. The van der Waals surface area contributed by atoms with Gasteiger partial charge in [-0.05, 0) is 62.2 Å². The van der Waals surface area contributed by atoms with Crippen molar-refractivity contribution in [1.29, 1.82) is 0 Å². The van der Waals surface area contributed by atoms with E-state index in [1.807, 2.05) is 42.5 Å². The first-order chi connectivity index (χ1) is 15.7. The fourth-order valence-electron chi connectivity index (χ4n) is 3.19. The average Bonchev–Trinajstić information content (AvgIpc) is 2.78. The molecule has 0 spiro atoms. The number of nitrogens with zero attached hydrogens (tertiary/aromatic N) is 1. The van der Waals surface area contributed by atoms with Gasteiger partial charge in [0.15, 0.2) is 0 Å². The summed E-state index contributed by atoms with van der Waals surface area (Å²) in [5, 5.41) is 17.9. The summed E-state index contributed by atoms with van der Waals surface area (Å²) in [6.45, 7) is 7.36. The van der Waals surface area contributed by atoms with E-state index in [1.165, 1.54) is 0 Å². The molecule has 0 saturated carbocycles. The van der Waals surface area contributed by atoms with E-state index in [2.05, 4.69) is 36.6 Å². The molecule has 8 heteroatoms. The number of aliphatic hydroxyl groups excluding tert-OH is 1. The fourth-order valence-corrected chi connectivity index (χ4v) is 3.42. The minimum atomic E-state index is -0.572. The van der Waals surface area contributed by atoms with Gasteiger partial charge in [0.25, 0.3) is 0 Å². The van der Waals surface area contributed by atoms with Crippen molar-refractivity contribution in [2.24, 2.45) is 5.10 Å². The van der Waals surface area contributed by atoms with Crippen molar-refractivity contribution in [2.75, 3.05) is 19.8 Å². The molecule has 2 aromatic carbocycles. The highest BCUT2D eigenvalue weighted by atomic mass is 35.5. The second-order valence-corrected chi connectivity index (χ2v) is 9.48. The number of carbonyl (C=O) groups is 1. The summed E-state index contributed by atoms with van der Waals surface area (Å²) in [7, 11) is 0. The van der Waals surface area contributed by atoms with Crippen LogP contribution in [0.25, 0.3) is 0 Å². The Balaban J connectivity index is 1.43. The van der Waals surface area contributed by atoms with Gasteiger partial charge in [-0.15, -0.1) is 0 Å². The van der Waals surface area contributed by atoms with Crippen molar-refractivity contribution in [2.45, 2.75) is 51.7 Å². The summed E-state index contributed by atoms with van der Waals surface area (Å²) in [4.78, 5) is 11.2. The lowest BCUT2D eigenvalue weighted by atomic mass is 10.0. The molecule has 3 rings (SSSR count). The summed E-state index contributed by atoms with van der Waals surface area (Å²) in [6, 6.07) is 13.3. The number of hydrogen-bond donors (Lipinski definition) is 3. The molecule has 1 heterocycles. The third-order valence-corrected chi connectivity index (χ3v) is 5.35. The smallest absolute Gasteiger partial charge is 0.240 e. The molecule has 3 N–H and O–H groups in total. The van der Waals surface area contributed by atoms with Gasteiger partial charge in [-0.1, -0.05) is 23.7 Å². The lowest BCUT2D eigenvalue weighted by molar-refractivity contribution is -0.121. The second-order valence-electron chi connectivity index (χ2n) is 9.08. The Labute approximate surface area is 200 Å². The lowest BCUT2D eigenvalue weighted by Gasteiger charge is -2.23. The molecule has 7 nitrogen and oxygen atoms in total. The van der Waals surface area contributed by atoms with Crippen molar-refractivity contribution in [3.05, 3.63) is 58.6 Å². The topological polar surface area (TPSA) is 92.2 Å². The van der Waals surface area contributed by atoms with Gasteiger partial charge < -0.3 is 19.9 Å². The van der Waals surface area contributed by atoms with Crippen LogP contribution in [-0.4, -0.2) is 48.1 Å². The number of hydrogen-bond acceptors (Lipinski definition) is 6. The summed E-state index contributed by atoms with van der Waals surface area (Å²) in [6.07, 6.45) is 1.16. The zero-order valence-electron chi connectivity index (χ0n) is 19.4. The third kappa shape index (κ3) is 8.35. The number of halogens is 1. The van der Waals surface area contributed by atoms with Crippen LogP contribution in [0.1, 0.15) is 44.7 Å². The number of rotatable bonds is 10. The van der Waals surface area contributed by atoms with Crippen LogP contribution in [0.5, 0.6) is 11.5 Å². The number of ether oxygens (including phenoxy) is 2. The van der Waals surface area contributed by atoms with Crippen LogP contribution in [0.2, 0.25) is 5.02 Å². The maximum atomic E-state index is 11.2. The number of hydrazone groups is 1. The Hall–Kier alpha value is -2.61. The zero-order valence-corrected chi connectivity index (χ0v) is 20.1. The second kappa shape index (κ2) is 11.5. The standard InChI is InChI=1S/C25H32ClN3O4/c1-25(2,3)27-15-19(30)16-33-20-7-4-17(5-8-20)12-13-32-23-10-6-18(14-21(23)26)22-9-11-24(31)29-28-22/h4-8,10,14,19,27,30H,9,11-13,15-16H2,1-3H3,(H,29,31). The number of carbonyl (C=O) groups excluding carboxylic acids is 1. The van der Waals surface area contributed by atoms with E-state index in [0.717, 1.165) is 29.0 Å². The SMILES string of the molecule is CC(C)(C)NCC(O)COc1ccc(CCOc2ccc(C3=NNC(=O)CC3)cc2Cl)cc1. The first kappa shape index (κ1) is 25.0. The molecule has 0 aromatic heterocycles. The molecule has 1 unspecified atom stereocenters. The van der Waals surface area contributed by atoms with Gasteiger partial charge in [0.2, 0.25) is 5.91 Å². The Bertz CT molecular complexity index is 971. The Morgan fingerprint density at radius 1 is 1.15 bits per heavy atom. The van der Waals surface area contributed by atoms with Gasteiger partial charge in [-0.2, -0.15) is 5.10 Å². The molecule has 1 atom stereocenters. The molecule has 178 valence electrons. The van der Waals surface area contributed by atoms with E-state index >= 15 is 0 Å². The number of amides is 1. The molecular formula is C25H32ClN3O4. The van der Waals surface area contributed by atoms with Crippen LogP contribution in [0.4, 0.5) is 0 Å². The van der Waals surface area contributed by atoms with Crippen LogP contribution in [0.3, 0.4) is 0 Å². The molecule has 0 aliphatic carbocycles. The minimum Gasteiger partial charge on any atom is -0.492 e. The summed E-state index contributed by atoms with van der Waals surface area (Å²) >= 11 is 6.38. The molecule has 1 amide bonds. The Morgan fingerprint density at radius 3 is 2.55 bits per heavy atom. The van der Waals surface area contributed by atoms with Gasteiger partial charge in [0.05, 0.1) is 17.3 Å². The molecule has 0 bridgehead atoms. The van der Waals surface area contributed by atoms with Crippen LogP contribution in [0, 0.1) is 0 Å². The fraction of sp³-hybridized carbons (Fsp3) is 0.440. The molecule has 33 heavy (non-hydrogen) atoms. The number of β-amino-alcohol motifs (C(OH)–C–C–N with tert-alkyl or cyclic N) is 1. The van der Waals surface area contributed by atoms with E-state index in [1.54, 1.807) is 0 Å². The highest BCUT2D eigenvalue weighted by Crippen LogP contribution is 2.27. The number of nitrogens with one attached hydrogen (secondary N) is 2. The number of aliphatic hydroxyl groups is 1. The molecular weight excluding hydrogens is 442 g/mol. The minimum absolute atomic E-state index is 0.0414. The van der Waals surface area contributed by atoms with Gasteiger partial charge in [-0.25, -0.2) is 5.43 Å². The van der Waals surface area contributed by atoms with Crippen molar-refractivity contribution in [3.8, 4) is 11.5 Å². The van der Waals surface area contributed by atoms with Gasteiger partial charge in [0.1, 0.15) is 24.2 Å². The third-order valence-electron chi connectivity index (χ3n) is 5.05. The van der Waals surface area contributed by atoms with Crippen LogP contribution < -0.4 is 20.2 Å². The predicted molar refractivity (Wildman–Crippen MR) is 130 cm³/mol. The van der Waals surface area contributed by atoms with Gasteiger partial charge in [-0.3, -0.25) is 4.79 Å². The molecule has 2 aromatic rings. The highest BCUT2D eigenvalue weighted by molar-refractivity contribution is 6.32. The van der Waals surface area contributed by atoms with Crippen molar-refractivity contribution in [3.63, 3.8) is 0 Å². The normalized spacial score (nSPS) is 14.9. The lowest BCUT2D eigenvalue weighted by Crippen LogP contribution is -2.42. The van der Waals surface area contributed by atoms with Gasteiger partial charge in [0, 0.05) is 31.3 Å². The number of benzene rings is 2. The van der Waals surface area contributed by atoms with Gasteiger partial charge >= 0.3 is 0 Å². The summed E-state index contributed by atoms with van der Waals surface area (Å²) < 4.78 is 11.5.